The fourth-order valence-electron chi connectivity index (χ4n) is 2.43. The highest BCUT2D eigenvalue weighted by Gasteiger charge is 2.09. The molecule has 100 valence electrons. The standard InChI is InChI=1S/C15H23ClN2/c16-15-7-5-14(6-8-15)13-17-9-1-2-10-18-11-3-4-12-18/h5-8,17H,1-4,9-13H2. The zero-order chi connectivity index (χ0) is 12.6. The van der Waals surface area contributed by atoms with Crippen LogP contribution in [0.1, 0.15) is 31.2 Å². The largest absolute Gasteiger partial charge is 0.313 e. The van der Waals surface area contributed by atoms with Crippen LogP contribution in [-0.4, -0.2) is 31.1 Å². The summed E-state index contributed by atoms with van der Waals surface area (Å²) in [5.41, 5.74) is 1.30. The van der Waals surface area contributed by atoms with Gasteiger partial charge in [0.1, 0.15) is 0 Å². The van der Waals surface area contributed by atoms with E-state index >= 15 is 0 Å². The second kappa shape index (κ2) is 7.78. The van der Waals surface area contributed by atoms with Gasteiger partial charge in [-0.1, -0.05) is 23.7 Å². The molecule has 0 aromatic heterocycles. The molecule has 18 heavy (non-hydrogen) atoms. The molecule has 0 amide bonds. The maximum atomic E-state index is 5.85. The summed E-state index contributed by atoms with van der Waals surface area (Å²) < 4.78 is 0. The average Bonchev–Trinajstić information content (AvgIpc) is 2.89. The van der Waals surface area contributed by atoms with Gasteiger partial charge in [0, 0.05) is 11.6 Å². The van der Waals surface area contributed by atoms with E-state index in [1.165, 1.54) is 50.9 Å². The van der Waals surface area contributed by atoms with Crippen molar-refractivity contribution in [2.45, 2.75) is 32.2 Å². The lowest BCUT2D eigenvalue weighted by atomic mass is 10.2. The quantitative estimate of drug-likeness (QED) is 0.762. The average molecular weight is 267 g/mol. The van der Waals surface area contributed by atoms with Crippen molar-refractivity contribution in [3.05, 3.63) is 34.9 Å². The zero-order valence-electron chi connectivity index (χ0n) is 11.0. The maximum Gasteiger partial charge on any atom is 0.0406 e. The van der Waals surface area contributed by atoms with E-state index < -0.39 is 0 Å². The molecule has 0 bridgehead atoms. The molecule has 0 spiro atoms. The minimum Gasteiger partial charge on any atom is -0.313 e. The van der Waals surface area contributed by atoms with Crippen LogP contribution < -0.4 is 5.32 Å². The first-order chi connectivity index (χ1) is 8.84. The molecular formula is C15H23ClN2. The first-order valence-corrected chi connectivity index (χ1v) is 7.40. The van der Waals surface area contributed by atoms with Crippen molar-refractivity contribution >= 4 is 11.6 Å². The predicted octanol–water partition coefficient (Wildman–Crippen LogP) is 3.31. The summed E-state index contributed by atoms with van der Waals surface area (Å²) in [6.45, 7) is 5.97. The van der Waals surface area contributed by atoms with Crippen LogP contribution in [0.2, 0.25) is 5.02 Å². The third-order valence-electron chi connectivity index (χ3n) is 3.52. The van der Waals surface area contributed by atoms with Gasteiger partial charge >= 0.3 is 0 Å². The summed E-state index contributed by atoms with van der Waals surface area (Å²) in [6.07, 6.45) is 5.38. The fourth-order valence-corrected chi connectivity index (χ4v) is 2.55. The van der Waals surface area contributed by atoms with Gasteiger partial charge in [0.05, 0.1) is 0 Å². The molecule has 1 heterocycles. The molecule has 0 radical (unpaired) electrons. The van der Waals surface area contributed by atoms with Crippen LogP contribution >= 0.6 is 11.6 Å². The SMILES string of the molecule is Clc1ccc(CNCCCCN2CCCC2)cc1. The molecule has 0 atom stereocenters. The maximum absolute atomic E-state index is 5.85. The van der Waals surface area contributed by atoms with Crippen LogP contribution in [0.4, 0.5) is 0 Å². The van der Waals surface area contributed by atoms with Gasteiger partial charge in [-0.3, -0.25) is 0 Å². The third-order valence-corrected chi connectivity index (χ3v) is 3.77. The van der Waals surface area contributed by atoms with Gasteiger partial charge in [-0.05, 0) is 69.6 Å². The number of likely N-dealkylation sites (tertiary alicyclic amines) is 1. The van der Waals surface area contributed by atoms with Crippen LogP contribution in [0.15, 0.2) is 24.3 Å². The number of nitrogens with zero attached hydrogens (tertiary/aromatic N) is 1. The van der Waals surface area contributed by atoms with E-state index in [-0.39, 0.29) is 0 Å². The number of hydrogen-bond acceptors (Lipinski definition) is 2. The topological polar surface area (TPSA) is 15.3 Å². The predicted molar refractivity (Wildman–Crippen MR) is 78.1 cm³/mol. The molecular weight excluding hydrogens is 244 g/mol. The number of hydrogen-bond donors (Lipinski definition) is 1. The molecule has 2 rings (SSSR count). The van der Waals surface area contributed by atoms with Crippen molar-refractivity contribution in [3.63, 3.8) is 0 Å². The number of benzene rings is 1. The fraction of sp³-hybridized carbons (Fsp3) is 0.600. The van der Waals surface area contributed by atoms with Crippen LogP contribution in [-0.2, 0) is 6.54 Å². The van der Waals surface area contributed by atoms with Gasteiger partial charge in [0.25, 0.3) is 0 Å². The Morgan fingerprint density at radius 3 is 2.50 bits per heavy atom. The third kappa shape index (κ3) is 4.97. The number of unbranched alkanes of at least 4 members (excludes halogenated alkanes) is 1. The number of halogens is 1. The molecule has 1 saturated heterocycles. The molecule has 0 aliphatic carbocycles. The summed E-state index contributed by atoms with van der Waals surface area (Å²) in [7, 11) is 0. The summed E-state index contributed by atoms with van der Waals surface area (Å²) in [5.74, 6) is 0. The zero-order valence-corrected chi connectivity index (χ0v) is 11.8. The van der Waals surface area contributed by atoms with Crippen molar-refractivity contribution < 1.29 is 0 Å². The minimum atomic E-state index is 0.810. The van der Waals surface area contributed by atoms with E-state index in [0.29, 0.717) is 0 Å². The normalized spacial score (nSPS) is 16.3. The van der Waals surface area contributed by atoms with Gasteiger partial charge in [-0.2, -0.15) is 0 Å². The summed E-state index contributed by atoms with van der Waals surface area (Å²) in [6, 6.07) is 8.07. The number of rotatable bonds is 7. The first kappa shape index (κ1) is 13.9. The van der Waals surface area contributed by atoms with Gasteiger partial charge < -0.3 is 10.2 Å². The van der Waals surface area contributed by atoms with Crippen LogP contribution in [0.25, 0.3) is 0 Å². The second-order valence-electron chi connectivity index (χ2n) is 5.06. The smallest absolute Gasteiger partial charge is 0.0406 e. The Kier molecular flexibility index (Phi) is 5.98. The van der Waals surface area contributed by atoms with Crippen molar-refractivity contribution in [3.8, 4) is 0 Å². The molecule has 1 fully saturated rings. The van der Waals surface area contributed by atoms with Gasteiger partial charge in [-0.15, -0.1) is 0 Å². The highest BCUT2D eigenvalue weighted by Crippen LogP contribution is 2.09. The Hall–Kier alpha value is -0.570. The van der Waals surface area contributed by atoms with Crippen molar-refractivity contribution in [1.29, 1.82) is 0 Å². The molecule has 2 nitrogen and oxygen atoms in total. The molecule has 1 N–H and O–H groups in total. The number of nitrogens with one attached hydrogen (secondary N) is 1. The lowest BCUT2D eigenvalue weighted by Crippen LogP contribution is -2.22. The van der Waals surface area contributed by atoms with Crippen molar-refractivity contribution in [2.75, 3.05) is 26.2 Å². The second-order valence-corrected chi connectivity index (χ2v) is 5.50. The minimum absolute atomic E-state index is 0.810. The summed E-state index contributed by atoms with van der Waals surface area (Å²) >= 11 is 5.85. The first-order valence-electron chi connectivity index (χ1n) is 7.02. The Balaban J connectivity index is 1.49. The van der Waals surface area contributed by atoms with Crippen LogP contribution in [0.3, 0.4) is 0 Å². The van der Waals surface area contributed by atoms with Crippen molar-refractivity contribution in [1.82, 2.24) is 10.2 Å². The van der Waals surface area contributed by atoms with E-state index in [2.05, 4.69) is 22.3 Å². The van der Waals surface area contributed by atoms with Gasteiger partial charge in [0.2, 0.25) is 0 Å². The van der Waals surface area contributed by atoms with Crippen LogP contribution in [0.5, 0.6) is 0 Å². The van der Waals surface area contributed by atoms with Crippen molar-refractivity contribution in [2.24, 2.45) is 0 Å². The van der Waals surface area contributed by atoms with E-state index in [4.69, 9.17) is 11.6 Å². The van der Waals surface area contributed by atoms with E-state index in [1.54, 1.807) is 0 Å². The lowest BCUT2D eigenvalue weighted by Gasteiger charge is -2.14. The monoisotopic (exact) mass is 266 g/mol. The molecule has 1 aliphatic heterocycles. The lowest BCUT2D eigenvalue weighted by molar-refractivity contribution is 0.329. The Bertz CT molecular complexity index is 331. The highest BCUT2D eigenvalue weighted by atomic mass is 35.5. The van der Waals surface area contributed by atoms with Gasteiger partial charge in [-0.25, -0.2) is 0 Å². The van der Waals surface area contributed by atoms with Crippen LogP contribution in [0, 0.1) is 0 Å². The summed E-state index contributed by atoms with van der Waals surface area (Å²) in [4.78, 5) is 2.58. The summed E-state index contributed by atoms with van der Waals surface area (Å²) in [5, 5.41) is 4.29. The molecule has 3 heteroatoms. The van der Waals surface area contributed by atoms with Gasteiger partial charge in [0.15, 0.2) is 0 Å². The Morgan fingerprint density at radius 1 is 1.06 bits per heavy atom. The Labute approximate surface area is 115 Å². The van der Waals surface area contributed by atoms with E-state index in [1.807, 2.05) is 12.1 Å². The highest BCUT2D eigenvalue weighted by molar-refractivity contribution is 6.30. The molecule has 0 unspecified atom stereocenters. The van der Waals surface area contributed by atoms with E-state index in [0.717, 1.165) is 18.1 Å². The Morgan fingerprint density at radius 2 is 1.78 bits per heavy atom. The molecule has 1 aromatic rings. The molecule has 1 aromatic carbocycles. The molecule has 0 saturated carbocycles. The van der Waals surface area contributed by atoms with E-state index in [9.17, 15) is 0 Å². The molecule has 1 aliphatic rings.